The van der Waals surface area contributed by atoms with E-state index in [0.717, 1.165) is 5.69 Å². The Morgan fingerprint density at radius 3 is 2.62 bits per heavy atom. The maximum atomic E-state index is 13.9. The molecule has 0 unspecified atom stereocenters. The molecule has 1 N–H and O–H groups in total. The van der Waals surface area contributed by atoms with Gasteiger partial charge in [0.15, 0.2) is 11.5 Å². The van der Waals surface area contributed by atoms with E-state index in [1.54, 1.807) is 35.9 Å². The molecule has 1 amide bonds. The van der Waals surface area contributed by atoms with E-state index in [4.69, 9.17) is 9.26 Å². The molecule has 2 aromatic carbocycles. The van der Waals surface area contributed by atoms with Crippen LogP contribution in [0.15, 0.2) is 59.1 Å². The quantitative estimate of drug-likeness (QED) is 0.454. The predicted octanol–water partition coefficient (Wildman–Crippen LogP) is 4.65. The Kier molecular flexibility index (Phi) is 5.98. The number of halogens is 2. The highest BCUT2D eigenvalue weighted by Gasteiger charge is 2.21. The molecule has 7 nitrogen and oxygen atoms in total. The zero-order chi connectivity index (χ0) is 22.7. The number of nitrogens with zero attached hydrogens (tertiary/aromatic N) is 3. The van der Waals surface area contributed by atoms with Crippen molar-refractivity contribution >= 4 is 11.7 Å². The number of benzene rings is 2. The largest absolute Gasteiger partial charge is 0.489 e. The van der Waals surface area contributed by atoms with Gasteiger partial charge in [0.1, 0.15) is 29.8 Å². The van der Waals surface area contributed by atoms with Crippen LogP contribution in [0.1, 0.15) is 33.1 Å². The molecule has 0 bridgehead atoms. The zero-order valence-corrected chi connectivity index (χ0v) is 17.4. The second-order valence-electron chi connectivity index (χ2n) is 7.18. The first kappa shape index (κ1) is 21.2. The number of aromatic nitrogens is 3. The van der Waals surface area contributed by atoms with Gasteiger partial charge in [-0.1, -0.05) is 23.4 Å². The van der Waals surface area contributed by atoms with Gasteiger partial charge >= 0.3 is 0 Å². The summed E-state index contributed by atoms with van der Waals surface area (Å²) in [6.07, 6.45) is 0. The average Bonchev–Trinajstić information content (AvgIpc) is 3.31. The molecular formula is C23H20F2N4O3. The molecule has 32 heavy (non-hydrogen) atoms. The van der Waals surface area contributed by atoms with Gasteiger partial charge in [-0.3, -0.25) is 9.48 Å². The Hall–Kier alpha value is -4.01. The first-order chi connectivity index (χ1) is 15.4. The molecule has 0 saturated heterocycles. The molecule has 0 aliphatic heterocycles. The third kappa shape index (κ3) is 4.66. The van der Waals surface area contributed by atoms with E-state index in [2.05, 4.69) is 15.6 Å². The minimum atomic E-state index is -0.518. The molecule has 4 aromatic rings. The number of amides is 1. The van der Waals surface area contributed by atoms with Crippen LogP contribution in [0.4, 0.5) is 14.6 Å². The van der Waals surface area contributed by atoms with E-state index in [1.807, 2.05) is 6.92 Å². The van der Waals surface area contributed by atoms with Gasteiger partial charge in [0.25, 0.3) is 5.91 Å². The minimum absolute atomic E-state index is 0.0183. The number of hydrogen-bond donors (Lipinski definition) is 1. The summed E-state index contributed by atoms with van der Waals surface area (Å²) in [5.74, 6) is -0.0375. The number of aryl methyl sites for hydroxylation is 2. The topological polar surface area (TPSA) is 82.2 Å². The molecule has 9 heteroatoms. The van der Waals surface area contributed by atoms with Crippen LogP contribution >= 0.6 is 0 Å². The summed E-state index contributed by atoms with van der Waals surface area (Å²) in [5.41, 5.74) is 1.77. The summed E-state index contributed by atoms with van der Waals surface area (Å²) in [6.45, 7) is 3.73. The second kappa shape index (κ2) is 9.01. The molecule has 4 rings (SSSR count). The van der Waals surface area contributed by atoms with Gasteiger partial charge in [0.2, 0.25) is 0 Å². The van der Waals surface area contributed by atoms with Crippen LogP contribution in [-0.4, -0.2) is 20.8 Å². The molecule has 0 aliphatic carbocycles. The molecular weight excluding hydrogens is 418 g/mol. The SMILES string of the molecule is Cc1onc(C(=O)Nc2cc(C)n(Cc3ccccc3F)n2)c1COc1ccc(F)cc1. The molecule has 0 atom stereocenters. The van der Waals surface area contributed by atoms with Crippen molar-refractivity contribution in [3.05, 3.63) is 94.5 Å². The maximum Gasteiger partial charge on any atom is 0.279 e. The van der Waals surface area contributed by atoms with E-state index >= 15 is 0 Å². The molecule has 2 heterocycles. The van der Waals surface area contributed by atoms with Crippen LogP contribution < -0.4 is 10.1 Å². The standard InChI is InChI=1S/C23H20F2N4O3/c1-14-11-21(27-29(14)12-16-5-3-4-6-20(16)25)26-23(30)22-19(15(2)32-28-22)13-31-18-9-7-17(24)8-10-18/h3-11H,12-13H2,1-2H3,(H,26,27,30). The van der Waals surface area contributed by atoms with Crippen LogP contribution in [0.2, 0.25) is 0 Å². The van der Waals surface area contributed by atoms with Crippen LogP contribution in [0.3, 0.4) is 0 Å². The van der Waals surface area contributed by atoms with Crippen molar-refractivity contribution in [3.8, 4) is 5.75 Å². The number of carbonyl (C=O) groups excluding carboxylic acids is 1. The monoisotopic (exact) mass is 438 g/mol. The number of hydrogen-bond acceptors (Lipinski definition) is 5. The lowest BCUT2D eigenvalue weighted by molar-refractivity contribution is 0.101. The van der Waals surface area contributed by atoms with Gasteiger partial charge in [0, 0.05) is 17.3 Å². The van der Waals surface area contributed by atoms with Crippen molar-refractivity contribution < 1.29 is 22.8 Å². The Balaban J connectivity index is 1.46. The Bertz CT molecular complexity index is 1250. The summed E-state index contributed by atoms with van der Waals surface area (Å²) in [7, 11) is 0. The van der Waals surface area contributed by atoms with Gasteiger partial charge in [-0.2, -0.15) is 5.10 Å². The lowest BCUT2D eigenvalue weighted by Crippen LogP contribution is -2.16. The highest BCUT2D eigenvalue weighted by atomic mass is 19.1. The summed E-state index contributed by atoms with van der Waals surface area (Å²) in [6, 6.07) is 13.7. The molecule has 0 saturated carbocycles. The summed E-state index contributed by atoms with van der Waals surface area (Å²) in [4.78, 5) is 12.8. The van der Waals surface area contributed by atoms with Crippen molar-refractivity contribution in [2.75, 3.05) is 5.32 Å². The van der Waals surface area contributed by atoms with Gasteiger partial charge < -0.3 is 14.6 Å². The third-order valence-electron chi connectivity index (χ3n) is 4.90. The number of anilines is 1. The zero-order valence-electron chi connectivity index (χ0n) is 17.4. The molecule has 164 valence electrons. The fraction of sp³-hybridized carbons (Fsp3) is 0.174. The Morgan fingerprint density at radius 2 is 1.88 bits per heavy atom. The fourth-order valence-corrected chi connectivity index (χ4v) is 3.12. The molecule has 0 spiro atoms. The van der Waals surface area contributed by atoms with E-state index in [9.17, 15) is 13.6 Å². The average molecular weight is 438 g/mol. The number of nitrogens with one attached hydrogen (secondary N) is 1. The predicted molar refractivity (Wildman–Crippen MR) is 112 cm³/mol. The van der Waals surface area contributed by atoms with E-state index < -0.39 is 5.91 Å². The molecule has 0 aliphatic rings. The Labute approximate surface area is 182 Å². The van der Waals surface area contributed by atoms with Crippen molar-refractivity contribution in [2.24, 2.45) is 0 Å². The third-order valence-corrected chi connectivity index (χ3v) is 4.90. The van der Waals surface area contributed by atoms with Gasteiger partial charge in [-0.05, 0) is 44.2 Å². The number of carbonyl (C=O) groups is 1. The van der Waals surface area contributed by atoms with Gasteiger partial charge in [0.05, 0.1) is 12.1 Å². The maximum absolute atomic E-state index is 13.9. The van der Waals surface area contributed by atoms with Crippen LogP contribution in [0.25, 0.3) is 0 Å². The van der Waals surface area contributed by atoms with Crippen molar-refractivity contribution in [2.45, 2.75) is 27.0 Å². The van der Waals surface area contributed by atoms with E-state index in [0.29, 0.717) is 28.5 Å². The molecule has 0 fully saturated rings. The normalized spacial score (nSPS) is 10.9. The molecule has 0 radical (unpaired) electrons. The van der Waals surface area contributed by atoms with Gasteiger partial charge in [-0.25, -0.2) is 8.78 Å². The number of ether oxygens (including phenoxy) is 1. The van der Waals surface area contributed by atoms with Gasteiger partial charge in [-0.15, -0.1) is 0 Å². The smallest absolute Gasteiger partial charge is 0.279 e. The second-order valence-corrected chi connectivity index (χ2v) is 7.18. The summed E-state index contributed by atoms with van der Waals surface area (Å²) < 4.78 is 39.4. The van der Waals surface area contributed by atoms with Crippen LogP contribution in [-0.2, 0) is 13.2 Å². The Morgan fingerprint density at radius 1 is 1.12 bits per heavy atom. The van der Waals surface area contributed by atoms with Crippen molar-refractivity contribution in [3.63, 3.8) is 0 Å². The minimum Gasteiger partial charge on any atom is -0.489 e. The first-order valence-electron chi connectivity index (χ1n) is 9.83. The first-order valence-corrected chi connectivity index (χ1v) is 9.83. The van der Waals surface area contributed by atoms with Crippen molar-refractivity contribution in [1.29, 1.82) is 0 Å². The fourth-order valence-electron chi connectivity index (χ4n) is 3.12. The molecule has 2 aromatic heterocycles. The summed E-state index contributed by atoms with van der Waals surface area (Å²) in [5, 5.41) is 10.9. The van der Waals surface area contributed by atoms with E-state index in [1.165, 1.54) is 30.3 Å². The van der Waals surface area contributed by atoms with Crippen molar-refractivity contribution in [1.82, 2.24) is 14.9 Å². The van der Waals surface area contributed by atoms with E-state index in [-0.39, 0.29) is 30.5 Å². The highest BCUT2D eigenvalue weighted by Crippen LogP contribution is 2.20. The van der Waals surface area contributed by atoms with Crippen LogP contribution in [0.5, 0.6) is 5.75 Å². The van der Waals surface area contributed by atoms with Crippen LogP contribution in [0, 0.1) is 25.5 Å². The lowest BCUT2D eigenvalue weighted by Gasteiger charge is -2.07. The number of rotatable bonds is 7. The lowest BCUT2D eigenvalue weighted by atomic mass is 10.2. The summed E-state index contributed by atoms with van der Waals surface area (Å²) >= 11 is 0. The highest BCUT2D eigenvalue weighted by molar-refractivity contribution is 6.03.